The molecule has 2 N–H and O–H groups in total. The number of nitrogens with zero attached hydrogens (tertiary/aromatic N) is 3. The maximum Gasteiger partial charge on any atom is 0.191 e. The zero-order chi connectivity index (χ0) is 15.2. The van der Waals surface area contributed by atoms with Gasteiger partial charge in [-0.15, -0.1) is 22.0 Å². The van der Waals surface area contributed by atoms with Crippen LogP contribution >= 0.6 is 46.7 Å². The summed E-state index contributed by atoms with van der Waals surface area (Å²) in [6.07, 6.45) is 0. The van der Waals surface area contributed by atoms with E-state index in [9.17, 15) is 0 Å². The lowest BCUT2D eigenvalue weighted by Gasteiger charge is -2.06. The van der Waals surface area contributed by atoms with Crippen molar-refractivity contribution in [1.29, 1.82) is 0 Å². The summed E-state index contributed by atoms with van der Waals surface area (Å²) in [6, 6.07) is 5.50. The number of halogens is 2. The third-order valence-corrected chi connectivity index (χ3v) is 5.72. The van der Waals surface area contributed by atoms with Crippen LogP contribution in [0.25, 0.3) is 0 Å². The quantitative estimate of drug-likeness (QED) is 0.596. The highest BCUT2D eigenvalue weighted by atomic mass is 35.5. The van der Waals surface area contributed by atoms with Crippen molar-refractivity contribution in [2.24, 2.45) is 5.73 Å². The van der Waals surface area contributed by atoms with Gasteiger partial charge in [0, 0.05) is 28.0 Å². The molecule has 21 heavy (non-hydrogen) atoms. The van der Waals surface area contributed by atoms with Crippen molar-refractivity contribution in [2.45, 2.75) is 30.1 Å². The van der Waals surface area contributed by atoms with E-state index in [-0.39, 0.29) is 0 Å². The Hall–Kier alpha value is -0.400. The highest BCUT2D eigenvalue weighted by Gasteiger charge is 2.10. The average Bonchev–Trinajstić information content (AvgIpc) is 2.89. The molecule has 4 nitrogen and oxygen atoms in total. The average molecular weight is 363 g/mol. The number of rotatable bonds is 7. The van der Waals surface area contributed by atoms with Crippen molar-refractivity contribution in [2.75, 3.05) is 11.5 Å². The van der Waals surface area contributed by atoms with Gasteiger partial charge in [-0.1, -0.05) is 35.0 Å². The molecule has 0 bridgehead atoms. The van der Waals surface area contributed by atoms with Crippen LogP contribution in [-0.4, -0.2) is 26.3 Å². The van der Waals surface area contributed by atoms with Crippen LogP contribution in [0.5, 0.6) is 0 Å². The third kappa shape index (κ3) is 4.53. The Kier molecular flexibility index (Phi) is 6.70. The second kappa shape index (κ2) is 8.29. The number of nitrogens with two attached hydrogens (primary N) is 1. The van der Waals surface area contributed by atoms with Gasteiger partial charge < -0.3 is 10.3 Å². The zero-order valence-electron chi connectivity index (χ0n) is 11.6. The van der Waals surface area contributed by atoms with Crippen LogP contribution in [0, 0.1) is 0 Å². The molecule has 2 rings (SSSR count). The first-order valence-electron chi connectivity index (χ1n) is 6.48. The zero-order valence-corrected chi connectivity index (χ0v) is 14.7. The van der Waals surface area contributed by atoms with E-state index in [1.165, 1.54) is 0 Å². The Morgan fingerprint density at radius 1 is 1.19 bits per heavy atom. The van der Waals surface area contributed by atoms with Crippen molar-refractivity contribution in [3.05, 3.63) is 34.1 Å². The summed E-state index contributed by atoms with van der Waals surface area (Å²) < 4.78 is 2.04. The molecule has 0 saturated carbocycles. The third-order valence-electron chi connectivity index (χ3n) is 2.76. The van der Waals surface area contributed by atoms with E-state index in [2.05, 4.69) is 17.1 Å². The second-order valence-electron chi connectivity index (χ2n) is 4.12. The van der Waals surface area contributed by atoms with Gasteiger partial charge in [0.05, 0.1) is 11.6 Å². The molecule has 114 valence electrons. The normalized spacial score (nSPS) is 11.0. The molecule has 0 aliphatic carbocycles. The molecule has 0 aliphatic heterocycles. The molecule has 0 radical (unpaired) electrons. The minimum Gasteiger partial charge on any atom is -0.324 e. The maximum absolute atomic E-state index is 6.14. The molecule has 0 atom stereocenters. The monoisotopic (exact) mass is 362 g/mol. The summed E-state index contributed by atoms with van der Waals surface area (Å²) in [5.41, 5.74) is 5.64. The first-order chi connectivity index (χ1) is 10.2. The molecule has 1 heterocycles. The minimum atomic E-state index is 0.411. The van der Waals surface area contributed by atoms with E-state index >= 15 is 0 Å². The number of hydrogen-bond donors (Lipinski definition) is 1. The fourth-order valence-corrected chi connectivity index (χ4v) is 4.26. The maximum atomic E-state index is 6.14. The van der Waals surface area contributed by atoms with Crippen LogP contribution in [-0.2, 0) is 13.1 Å². The van der Waals surface area contributed by atoms with Crippen molar-refractivity contribution in [3.63, 3.8) is 0 Å². The van der Waals surface area contributed by atoms with Gasteiger partial charge >= 0.3 is 0 Å². The Bertz CT molecular complexity index is 604. The summed E-state index contributed by atoms with van der Waals surface area (Å²) in [5.74, 6) is 2.65. The summed E-state index contributed by atoms with van der Waals surface area (Å²) in [7, 11) is 0. The largest absolute Gasteiger partial charge is 0.324 e. The van der Waals surface area contributed by atoms with E-state index in [0.717, 1.165) is 38.9 Å². The van der Waals surface area contributed by atoms with Gasteiger partial charge in [0.1, 0.15) is 5.82 Å². The molecule has 0 spiro atoms. The number of thioether (sulfide) groups is 2. The standard InChI is InChI=1S/C13H16Cl2N4S2/c1-2-19-12(8-16)17-18-13(19)21-6-5-20-11-7-9(14)3-4-10(11)15/h3-4,7H,2,5-6,8,16H2,1H3. The smallest absolute Gasteiger partial charge is 0.191 e. The minimum absolute atomic E-state index is 0.411. The predicted molar refractivity (Wildman–Crippen MR) is 91.5 cm³/mol. The fourth-order valence-electron chi connectivity index (χ4n) is 1.77. The first kappa shape index (κ1) is 17.0. The molecule has 1 aromatic heterocycles. The molecule has 8 heteroatoms. The van der Waals surface area contributed by atoms with Gasteiger partial charge in [0.25, 0.3) is 0 Å². The molecule has 0 saturated heterocycles. The number of hydrogen-bond acceptors (Lipinski definition) is 5. The molecule has 2 aromatic rings. The second-order valence-corrected chi connectivity index (χ2v) is 7.16. The molecule has 0 fully saturated rings. The van der Waals surface area contributed by atoms with Gasteiger partial charge in [-0.3, -0.25) is 0 Å². The first-order valence-corrected chi connectivity index (χ1v) is 9.21. The van der Waals surface area contributed by atoms with Crippen molar-refractivity contribution in [1.82, 2.24) is 14.8 Å². The van der Waals surface area contributed by atoms with Gasteiger partial charge in [-0.2, -0.15) is 0 Å². The Balaban J connectivity index is 1.87. The highest BCUT2D eigenvalue weighted by Crippen LogP contribution is 2.30. The summed E-state index contributed by atoms with van der Waals surface area (Å²) >= 11 is 15.5. The van der Waals surface area contributed by atoms with E-state index in [1.807, 2.05) is 16.7 Å². The van der Waals surface area contributed by atoms with Crippen LogP contribution in [0.3, 0.4) is 0 Å². The molecular weight excluding hydrogens is 347 g/mol. The topological polar surface area (TPSA) is 56.7 Å². The van der Waals surface area contributed by atoms with Crippen molar-refractivity contribution < 1.29 is 0 Å². The van der Waals surface area contributed by atoms with Crippen LogP contribution < -0.4 is 5.73 Å². The van der Waals surface area contributed by atoms with Gasteiger partial charge in [-0.25, -0.2) is 0 Å². The van der Waals surface area contributed by atoms with E-state index < -0.39 is 0 Å². The molecule has 0 unspecified atom stereocenters. The van der Waals surface area contributed by atoms with Crippen LogP contribution in [0.1, 0.15) is 12.7 Å². The van der Waals surface area contributed by atoms with Crippen molar-refractivity contribution in [3.8, 4) is 0 Å². The Labute approximate surface area is 142 Å². The lowest BCUT2D eigenvalue weighted by Crippen LogP contribution is -2.08. The van der Waals surface area contributed by atoms with E-state index in [4.69, 9.17) is 28.9 Å². The van der Waals surface area contributed by atoms with Crippen LogP contribution in [0.4, 0.5) is 0 Å². The van der Waals surface area contributed by atoms with Crippen molar-refractivity contribution >= 4 is 46.7 Å². The summed E-state index contributed by atoms with van der Waals surface area (Å²) in [6.45, 7) is 3.30. The highest BCUT2D eigenvalue weighted by molar-refractivity contribution is 8.02. The van der Waals surface area contributed by atoms with E-state index in [1.54, 1.807) is 29.6 Å². The lowest BCUT2D eigenvalue weighted by molar-refractivity contribution is 0.643. The summed E-state index contributed by atoms with van der Waals surface area (Å²) in [4.78, 5) is 1.00. The fraction of sp³-hybridized carbons (Fsp3) is 0.385. The van der Waals surface area contributed by atoms with Crippen LogP contribution in [0.15, 0.2) is 28.3 Å². The lowest BCUT2D eigenvalue weighted by atomic mass is 10.4. The van der Waals surface area contributed by atoms with E-state index in [0.29, 0.717) is 11.6 Å². The predicted octanol–water partition coefficient (Wildman–Crippen LogP) is 3.95. The van der Waals surface area contributed by atoms with Gasteiger partial charge in [-0.05, 0) is 25.1 Å². The number of aromatic nitrogens is 3. The molecular formula is C13H16Cl2N4S2. The Morgan fingerprint density at radius 3 is 2.67 bits per heavy atom. The SMILES string of the molecule is CCn1c(CN)nnc1SCCSc1cc(Cl)ccc1Cl. The van der Waals surface area contributed by atoms with Gasteiger partial charge in [0.15, 0.2) is 5.16 Å². The molecule has 1 aromatic carbocycles. The molecule has 0 amide bonds. The van der Waals surface area contributed by atoms with Crippen LogP contribution in [0.2, 0.25) is 10.0 Å². The summed E-state index contributed by atoms with van der Waals surface area (Å²) in [5, 5.41) is 10.6. The van der Waals surface area contributed by atoms with Gasteiger partial charge in [0.2, 0.25) is 0 Å². The Morgan fingerprint density at radius 2 is 1.95 bits per heavy atom. The molecule has 0 aliphatic rings. The number of benzene rings is 1.